The molecule has 0 spiro atoms. The van der Waals surface area contributed by atoms with Crippen LogP contribution in [0.3, 0.4) is 0 Å². The highest BCUT2D eigenvalue weighted by molar-refractivity contribution is 5.63. The minimum Gasteiger partial charge on any atom is -0.496 e. The third-order valence-corrected chi connectivity index (χ3v) is 2.48. The number of nitrogens with one attached hydrogen (secondary N) is 1. The minimum atomic E-state index is -0.446. The third kappa shape index (κ3) is 2.48. The Hall–Kier alpha value is -1.95. The van der Waals surface area contributed by atoms with Crippen molar-refractivity contribution in [3.05, 3.63) is 29.8 Å². The Balaban J connectivity index is 2.33. The molecule has 96 valence electrons. The standard InChI is InChI=1S/C12H14FN3O2/c1-14-7-6-10-15-12(18-16-10)11-8(13)4-3-5-9(11)17-2/h3-5,14H,6-7H2,1-2H3. The van der Waals surface area contributed by atoms with Gasteiger partial charge in [-0.1, -0.05) is 11.2 Å². The predicted molar refractivity (Wildman–Crippen MR) is 63.9 cm³/mol. The summed E-state index contributed by atoms with van der Waals surface area (Å²) in [4.78, 5) is 4.15. The molecule has 0 bridgehead atoms. The van der Waals surface area contributed by atoms with E-state index in [4.69, 9.17) is 9.26 Å². The van der Waals surface area contributed by atoms with Gasteiger partial charge in [-0.25, -0.2) is 4.39 Å². The van der Waals surface area contributed by atoms with Crippen LogP contribution in [0, 0.1) is 5.82 Å². The van der Waals surface area contributed by atoms with Gasteiger partial charge in [0.1, 0.15) is 17.1 Å². The minimum absolute atomic E-state index is 0.135. The van der Waals surface area contributed by atoms with E-state index in [1.807, 2.05) is 7.05 Å². The van der Waals surface area contributed by atoms with Crippen molar-refractivity contribution in [2.24, 2.45) is 0 Å². The van der Waals surface area contributed by atoms with Crippen LogP contribution in [0.15, 0.2) is 22.7 Å². The van der Waals surface area contributed by atoms with Gasteiger partial charge in [0.2, 0.25) is 0 Å². The van der Waals surface area contributed by atoms with E-state index in [-0.39, 0.29) is 11.5 Å². The van der Waals surface area contributed by atoms with E-state index in [2.05, 4.69) is 15.5 Å². The number of benzene rings is 1. The molecule has 0 saturated heterocycles. The summed E-state index contributed by atoms with van der Waals surface area (Å²) in [7, 11) is 3.30. The summed E-state index contributed by atoms with van der Waals surface area (Å²) in [5, 5.41) is 6.78. The number of rotatable bonds is 5. The summed E-state index contributed by atoms with van der Waals surface area (Å²) in [5.74, 6) is 0.595. The Morgan fingerprint density at radius 1 is 1.44 bits per heavy atom. The lowest BCUT2D eigenvalue weighted by Gasteiger charge is -2.04. The number of ether oxygens (including phenoxy) is 1. The molecule has 0 radical (unpaired) electrons. The van der Waals surface area contributed by atoms with Crippen molar-refractivity contribution in [1.82, 2.24) is 15.5 Å². The first-order chi connectivity index (χ1) is 8.76. The van der Waals surface area contributed by atoms with Gasteiger partial charge >= 0.3 is 0 Å². The second-order valence-electron chi connectivity index (χ2n) is 3.69. The van der Waals surface area contributed by atoms with Crippen molar-refractivity contribution in [3.63, 3.8) is 0 Å². The summed E-state index contributed by atoms with van der Waals surface area (Å²) in [5.41, 5.74) is 0.197. The van der Waals surface area contributed by atoms with E-state index in [9.17, 15) is 4.39 Å². The quantitative estimate of drug-likeness (QED) is 0.875. The molecule has 0 aliphatic rings. The molecule has 0 aliphatic carbocycles. The Morgan fingerprint density at radius 2 is 2.28 bits per heavy atom. The van der Waals surface area contributed by atoms with Crippen molar-refractivity contribution in [3.8, 4) is 17.2 Å². The van der Waals surface area contributed by atoms with Crippen LogP contribution in [0.1, 0.15) is 5.82 Å². The number of halogens is 1. The summed E-state index contributed by atoms with van der Waals surface area (Å²) in [6, 6.07) is 4.54. The molecule has 0 fully saturated rings. The second kappa shape index (κ2) is 5.59. The van der Waals surface area contributed by atoms with Crippen molar-refractivity contribution < 1.29 is 13.7 Å². The van der Waals surface area contributed by atoms with Gasteiger partial charge in [0, 0.05) is 13.0 Å². The Kier molecular flexibility index (Phi) is 3.88. The molecule has 2 aromatic rings. The van der Waals surface area contributed by atoms with Crippen LogP contribution in [0.2, 0.25) is 0 Å². The normalized spacial score (nSPS) is 10.6. The molecule has 2 rings (SSSR count). The highest BCUT2D eigenvalue weighted by Crippen LogP contribution is 2.31. The second-order valence-corrected chi connectivity index (χ2v) is 3.69. The fourth-order valence-electron chi connectivity index (χ4n) is 1.58. The largest absolute Gasteiger partial charge is 0.496 e. The van der Waals surface area contributed by atoms with Gasteiger partial charge in [-0.05, 0) is 19.2 Å². The topological polar surface area (TPSA) is 60.2 Å². The molecule has 0 saturated carbocycles. The summed E-state index contributed by atoms with van der Waals surface area (Å²) in [6.45, 7) is 0.730. The highest BCUT2D eigenvalue weighted by atomic mass is 19.1. The maximum Gasteiger partial charge on any atom is 0.264 e. The first-order valence-electron chi connectivity index (χ1n) is 5.56. The van der Waals surface area contributed by atoms with Crippen LogP contribution in [0.4, 0.5) is 4.39 Å². The van der Waals surface area contributed by atoms with Gasteiger partial charge in [-0.3, -0.25) is 0 Å². The molecule has 1 aromatic heterocycles. The fraction of sp³-hybridized carbons (Fsp3) is 0.333. The van der Waals surface area contributed by atoms with Crippen molar-refractivity contribution in [2.75, 3.05) is 20.7 Å². The number of methoxy groups -OCH3 is 1. The van der Waals surface area contributed by atoms with Crippen molar-refractivity contribution in [2.45, 2.75) is 6.42 Å². The van der Waals surface area contributed by atoms with Gasteiger partial charge in [-0.2, -0.15) is 4.98 Å². The number of nitrogens with zero attached hydrogens (tertiary/aromatic N) is 2. The Bertz CT molecular complexity index is 528. The molecular formula is C12H14FN3O2. The highest BCUT2D eigenvalue weighted by Gasteiger charge is 2.18. The number of hydrogen-bond acceptors (Lipinski definition) is 5. The van der Waals surface area contributed by atoms with Gasteiger partial charge in [0.25, 0.3) is 5.89 Å². The zero-order valence-corrected chi connectivity index (χ0v) is 10.2. The molecule has 1 aromatic carbocycles. The van der Waals surface area contributed by atoms with E-state index in [0.29, 0.717) is 18.0 Å². The molecule has 1 N–H and O–H groups in total. The third-order valence-electron chi connectivity index (χ3n) is 2.48. The van der Waals surface area contributed by atoms with Crippen molar-refractivity contribution in [1.29, 1.82) is 0 Å². The number of hydrogen-bond donors (Lipinski definition) is 1. The van der Waals surface area contributed by atoms with E-state index < -0.39 is 5.82 Å². The molecule has 18 heavy (non-hydrogen) atoms. The zero-order valence-electron chi connectivity index (χ0n) is 10.2. The molecular weight excluding hydrogens is 237 g/mol. The summed E-state index contributed by atoms with van der Waals surface area (Å²) in [6.07, 6.45) is 0.622. The van der Waals surface area contributed by atoms with E-state index in [1.54, 1.807) is 12.1 Å². The van der Waals surface area contributed by atoms with Crippen LogP contribution >= 0.6 is 0 Å². The fourth-order valence-corrected chi connectivity index (χ4v) is 1.58. The summed E-state index contributed by atoms with van der Waals surface area (Å²) >= 11 is 0. The maximum atomic E-state index is 13.8. The maximum absolute atomic E-state index is 13.8. The SMILES string of the molecule is CNCCc1noc(-c2c(F)cccc2OC)n1. The molecule has 6 heteroatoms. The van der Waals surface area contributed by atoms with Gasteiger partial charge in [0.05, 0.1) is 7.11 Å². The molecule has 0 aliphatic heterocycles. The predicted octanol–water partition coefficient (Wildman–Crippen LogP) is 1.65. The molecule has 0 amide bonds. The first-order valence-corrected chi connectivity index (χ1v) is 5.56. The zero-order chi connectivity index (χ0) is 13.0. The van der Waals surface area contributed by atoms with E-state index in [0.717, 1.165) is 6.54 Å². The molecule has 0 unspecified atom stereocenters. The van der Waals surface area contributed by atoms with Gasteiger partial charge in [0.15, 0.2) is 5.82 Å². The van der Waals surface area contributed by atoms with Crippen LogP contribution in [0.5, 0.6) is 5.75 Å². The average molecular weight is 251 g/mol. The first kappa shape index (κ1) is 12.5. The van der Waals surface area contributed by atoms with Crippen molar-refractivity contribution >= 4 is 0 Å². The van der Waals surface area contributed by atoms with Gasteiger partial charge < -0.3 is 14.6 Å². The monoisotopic (exact) mass is 251 g/mol. The van der Waals surface area contributed by atoms with Crippen LogP contribution in [-0.2, 0) is 6.42 Å². The molecule has 1 heterocycles. The molecule has 0 atom stereocenters. The molecule has 5 nitrogen and oxygen atoms in total. The van der Waals surface area contributed by atoms with Gasteiger partial charge in [-0.15, -0.1) is 0 Å². The van der Waals surface area contributed by atoms with E-state index in [1.165, 1.54) is 13.2 Å². The van der Waals surface area contributed by atoms with E-state index >= 15 is 0 Å². The lowest BCUT2D eigenvalue weighted by Crippen LogP contribution is -2.11. The summed E-state index contributed by atoms with van der Waals surface area (Å²) < 4.78 is 23.9. The number of aromatic nitrogens is 2. The average Bonchev–Trinajstić information content (AvgIpc) is 2.84. The van der Waals surface area contributed by atoms with Crippen LogP contribution < -0.4 is 10.1 Å². The lowest BCUT2D eigenvalue weighted by atomic mass is 10.2. The number of likely N-dealkylation sites (N-methyl/N-ethyl adjacent to an activating group) is 1. The Labute approximate surface area is 104 Å². The Morgan fingerprint density at radius 3 is 3.00 bits per heavy atom. The smallest absolute Gasteiger partial charge is 0.264 e. The lowest BCUT2D eigenvalue weighted by molar-refractivity contribution is 0.398. The van der Waals surface area contributed by atoms with Crippen LogP contribution in [-0.4, -0.2) is 30.8 Å². The van der Waals surface area contributed by atoms with Crippen LogP contribution in [0.25, 0.3) is 11.5 Å².